The van der Waals surface area contributed by atoms with Crippen LogP contribution in [0.3, 0.4) is 0 Å². The second kappa shape index (κ2) is 3.02. The highest BCUT2D eigenvalue weighted by atomic mass is 19.1. The third kappa shape index (κ3) is 1.28. The molecule has 4 nitrogen and oxygen atoms in total. The molecular weight excluding hydrogens is 185 g/mol. The van der Waals surface area contributed by atoms with Crippen molar-refractivity contribution in [3.8, 4) is 5.69 Å². The molecule has 0 bridgehead atoms. The second-order valence-electron chi connectivity index (χ2n) is 2.85. The van der Waals surface area contributed by atoms with E-state index in [-0.39, 0.29) is 11.4 Å². The van der Waals surface area contributed by atoms with Crippen molar-refractivity contribution >= 4 is 5.69 Å². The molecule has 0 aliphatic heterocycles. The Hall–Kier alpha value is -2.04. The van der Waals surface area contributed by atoms with Gasteiger partial charge < -0.3 is 10.7 Å². The SMILES string of the molecule is Nc1ccc(-n2cc[nH]c2=O)c(F)c1. The van der Waals surface area contributed by atoms with E-state index in [1.165, 1.54) is 35.2 Å². The predicted octanol–water partition coefficient (Wildman–Crippen LogP) is 0.887. The molecule has 14 heavy (non-hydrogen) atoms. The quantitative estimate of drug-likeness (QED) is 0.660. The van der Waals surface area contributed by atoms with Crippen LogP contribution in [0.2, 0.25) is 0 Å². The molecule has 0 amide bonds. The van der Waals surface area contributed by atoms with E-state index in [1.54, 1.807) is 0 Å². The van der Waals surface area contributed by atoms with Crippen LogP contribution in [0.15, 0.2) is 35.4 Å². The summed E-state index contributed by atoms with van der Waals surface area (Å²) in [5.74, 6) is -0.522. The molecule has 2 rings (SSSR count). The molecule has 0 aliphatic rings. The first-order valence-electron chi connectivity index (χ1n) is 4.00. The average molecular weight is 193 g/mol. The number of nitrogens with zero attached hydrogens (tertiary/aromatic N) is 1. The van der Waals surface area contributed by atoms with Crippen LogP contribution in [0.25, 0.3) is 5.69 Å². The number of anilines is 1. The van der Waals surface area contributed by atoms with E-state index in [0.717, 1.165) is 0 Å². The molecule has 72 valence electrons. The summed E-state index contributed by atoms with van der Waals surface area (Å²) in [6.07, 6.45) is 2.90. The van der Waals surface area contributed by atoms with E-state index in [4.69, 9.17) is 5.73 Å². The largest absolute Gasteiger partial charge is 0.399 e. The monoisotopic (exact) mass is 193 g/mol. The fourth-order valence-corrected chi connectivity index (χ4v) is 1.23. The summed E-state index contributed by atoms with van der Waals surface area (Å²) in [7, 11) is 0. The lowest BCUT2D eigenvalue weighted by atomic mass is 10.2. The molecule has 0 saturated carbocycles. The number of benzene rings is 1. The lowest BCUT2D eigenvalue weighted by Gasteiger charge is -2.02. The summed E-state index contributed by atoms with van der Waals surface area (Å²) in [6, 6.07) is 4.17. The van der Waals surface area contributed by atoms with Gasteiger partial charge in [-0.25, -0.2) is 9.18 Å². The Morgan fingerprint density at radius 1 is 1.43 bits per heavy atom. The van der Waals surface area contributed by atoms with Gasteiger partial charge in [0, 0.05) is 18.1 Å². The molecule has 3 N–H and O–H groups in total. The first-order chi connectivity index (χ1) is 6.68. The number of nitrogen functional groups attached to an aromatic ring is 1. The van der Waals surface area contributed by atoms with Gasteiger partial charge in [-0.3, -0.25) is 4.57 Å². The maximum Gasteiger partial charge on any atom is 0.330 e. The normalized spacial score (nSPS) is 10.4. The van der Waals surface area contributed by atoms with Crippen molar-refractivity contribution in [1.29, 1.82) is 0 Å². The van der Waals surface area contributed by atoms with Crippen molar-refractivity contribution < 1.29 is 4.39 Å². The van der Waals surface area contributed by atoms with Gasteiger partial charge in [-0.15, -0.1) is 0 Å². The fraction of sp³-hybridized carbons (Fsp3) is 0. The van der Waals surface area contributed by atoms with E-state index in [1.807, 2.05) is 0 Å². The number of halogens is 1. The van der Waals surface area contributed by atoms with Crippen molar-refractivity contribution in [2.75, 3.05) is 5.73 Å². The summed E-state index contributed by atoms with van der Waals surface area (Å²) in [5, 5.41) is 0. The first kappa shape index (κ1) is 8.55. The fourth-order valence-electron chi connectivity index (χ4n) is 1.23. The number of hydrogen-bond acceptors (Lipinski definition) is 2. The number of aromatic amines is 1. The van der Waals surface area contributed by atoms with Crippen LogP contribution in [0.1, 0.15) is 0 Å². The van der Waals surface area contributed by atoms with Gasteiger partial charge in [-0.1, -0.05) is 0 Å². The number of imidazole rings is 1. The van der Waals surface area contributed by atoms with Gasteiger partial charge in [0.15, 0.2) is 0 Å². The van der Waals surface area contributed by atoms with Crippen molar-refractivity contribution in [3.05, 3.63) is 46.9 Å². The Labute approximate surface area is 78.8 Å². The molecule has 0 unspecified atom stereocenters. The molecule has 1 aromatic carbocycles. The minimum Gasteiger partial charge on any atom is -0.399 e. The minimum atomic E-state index is -0.522. The van der Waals surface area contributed by atoms with Crippen molar-refractivity contribution in [3.63, 3.8) is 0 Å². The van der Waals surface area contributed by atoms with E-state index < -0.39 is 5.82 Å². The van der Waals surface area contributed by atoms with Crippen LogP contribution in [-0.2, 0) is 0 Å². The molecule has 1 heterocycles. The zero-order chi connectivity index (χ0) is 10.1. The Kier molecular flexibility index (Phi) is 1.85. The number of aromatic nitrogens is 2. The van der Waals surface area contributed by atoms with Crippen LogP contribution in [-0.4, -0.2) is 9.55 Å². The molecule has 0 saturated heterocycles. The molecule has 0 spiro atoms. The zero-order valence-electron chi connectivity index (χ0n) is 7.20. The molecule has 1 aromatic heterocycles. The summed E-state index contributed by atoms with van der Waals surface area (Å²) >= 11 is 0. The maximum absolute atomic E-state index is 13.3. The van der Waals surface area contributed by atoms with Crippen LogP contribution >= 0.6 is 0 Å². The second-order valence-corrected chi connectivity index (χ2v) is 2.85. The summed E-state index contributed by atoms with van der Waals surface area (Å²) < 4.78 is 14.5. The molecule has 0 radical (unpaired) electrons. The number of rotatable bonds is 1. The van der Waals surface area contributed by atoms with Gasteiger partial charge in [0.1, 0.15) is 5.82 Å². The van der Waals surface area contributed by atoms with Gasteiger partial charge in [0.05, 0.1) is 5.69 Å². The minimum absolute atomic E-state index is 0.186. The van der Waals surface area contributed by atoms with Crippen LogP contribution < -0.4 is 11.4 Å². The summed E-state index contributed by atoms with van der Waals surface area (Å²) in [4.78, 5) is 13.6. The van der Waals surface area contributed by atoms with Crippen LogP contribution in [0.5, 0.6) is 0 Å². The smallest absolute Gasteiger partial charge is 0.330 e. The van der Waals surface area contributed by atoms with E-state index in [9.17, 15) is 9.18 Å². The number of nitrogens with two attached hydrogens (primary N) is 1. The summed E-state index contributed by atoms with van der Waals surface area (Å²) in [5.41, 5.74) is 5.52. The average Bonchev–Trinajstić information content (AvgIpc) is 2.52. The van der Waals surface area contributed by atoms with Crippen molar-refractivity contribution in [2.24, 2.45) is 0 Å². The lowest BCUT2D eigenvalue weighted by molar-refractivity contribution is 0.617. The topological polar surface area (TPSA) is 63.8 Å². The lowest BCUT2D eigenvalue weighted by Crippen LogP contribution is -2.15. The predicted molar refractivity (Wildman–Crippen MR) is 50.8 cm³/mol. The Bertz CT molecular complexity index is 515. The Morgan fingerprint density at radius 2 is 2.21 bits per heavy atom. The van der Waals surface area contributed by atoms with Crippen molar-refractivity contribution in [1.82, 2.24) is 9.55 Å². The van der Waals surface area contributed by atoms with Gasteiger partial charge in [-0.05, 0) is 18.2 Å². The van der Waals surface area contributed by atoms with Gasteiger partial charge in [-0.2, -0.15) is 0 Å². The molecule has 0 fully saturated rings. The third-order valence-electron chi connectivity index (χ3n) is 1.88. The van der Waals surface area contributed by atoms with E-state index >= 15 is 0 Å². The molecule has 0 atom stereocenters. The Morgan fingerprint density at radius 3 is 2.79 bits per heavy atom. The third-order valence-corrected chi connectivity index (χ3v) is 1.88. The van der Waals surface area contributed by atoms with Gasteiger partial charge in [0.2, 0.25) is 0 Å². The summed E-state index contributed by atoms with van der Waals surface area (Å²) in [6.45, 7) is 0. The number of nitrogens with one attached hydrogen (secondary N) is 1. The zero-order valence-corrected chi connectivity index (χ0v) is 7.20. The van der Waals surface area contributed by atoms with Gasteiger partial charge in [0.25, 0.3) is 0 Å². The van der Waals surface area contributed by atoms with Crippen LogP contribution in [0.4, 0.5) is 10.1 Å². The van der Waals surface area contributed by atoms with E-state index in [2.05, 4.69) is 4.98 Å². The highest BCUT2D eigenvalue weighted by molar-refractivity contribution is 5.46. The molecule has 5 heteroatoms. The maximum atomic E-state index is 13.3. The van der Waals surface area contributed by atoms with Gasteiger partial charge >= 0.3 is 5.69 Å². The molecular formula is C9H8FN3O. The Balaban J connectivity index is 2.63. The number of H-pyrrole nitrogens is 1. The number of hydrogen-bond donors (Lipinski definition) is 2. The molecule has 2 aromatic rings. The molecule has 0 aliphatic carbocycles. The first-order valence-corrected chi connectivity index (χ1v) is 4.00. The highest BCUT2D eigenvalue weighted by Crippen LogP contribution is 2.14. The highest BCUT2D eigenvalue weighted by Gasteiger charge is 2.06. The van der Waals surface area contributed by atoms with Crippen molar-refractivity contribution in [2.45, 2.75) is 0 Å². The van der Waals surface area contributed by atoms with Crippen LogP contribution in [0, 0.1) is 5.82 Å². The van der Waals surface area contributed by atoms with E-state index in [0.29, 0.717) is 5.69 Å². The standard InChI is InChI=1S/C9H8FN3O/c10-7-5-6(11)1-2-8(7)13-4-3-12-9(13)14/h1-5H,11H2,(H,12,14).